The van der Waals surface area contributed by atoms with Crippen LogP contribution >= 0.6 is 15.9 Å². The van der Waals surface area contributed by atoms with E-state index in [0.29, 0.717) is 11.5 Å². The predicted molar refractivity (Wildman–Crippen MR) is 98.6 cm³/mol. The Labute approximate surface area is 148 Å². The van der Waals surface area contributed by atoms with Crippen molar-refractivity contribution in [2.45, 2.75) is 6.92 Å². The van der Waals surface area contributed by atoms with Gasteiger partial charge in [0.1, 0.15) is 0 Å². The SMILES string of the molecule is Cc1ccc(NC(=O)c2cnc(Nc3ccc(Br)cc3)nc2)cc1. The maximum atomic E-state index is 12.2. The number of aryl methyl sites for hydroxylation is 1. The zero-order chi connectivity index (χ0) is 16.9. The number of carbonyl (C=O) groups is 1. The molecule has 0 unspecified atom stereocenters. The number of aromatic nitrogens is 2. The summed E-state index contributed by atoms with van der Waals surface area (Å²) in [5.41, 5.74) is 3.15. The van der Waals surface area contributed by atoms with Crippen LogP contribution < -0.4 is 10.6 Å². The Kier molecular flexibility index (Phi) is 4.86. The zero-order valence-corrected chi connectivity index (χ0v) is 14.5. The summed E-state index contributed by atoms with van der Waals surface area (Å²) in [6, 6.07) is 15.3. The number of hydrogen-bond donors (Lipinski definition) is 2. The van der Waals surface area contributed by atoms with Gasteiger partial charge in [-0.05, 0) is 43.3 Å². The van der Waals surface area contributed by atoms with Crippen molar-refractivity contribution in [1.29, 1.82) is 0 Å². The molecule has 2 aromatic carbocycles. The Hall–Kier alpha value is -2.73. The maximum absolute atomic E-state index is 12.2. The summed E-state index contributed by atoms with van der Waals surface area (Å²) >= 11 is 3.38. The van der Waals surface area contributed by atoms with E-state index in [1.165, 1.54) is 12.4 Å². The summed E-state index contributed by atoms with van der Waals surface area (Å²) in [7, 11) is 0. The first-order chi connectivity index (χ1) is 11.6. The number of nitrogens with zero attached hydrogens (tertiary/aromatic N) is 2. The number of halogens is 1. The number of rotatable bonds is 4. The molecule has 0 atom stereocenters. The molecule has 0 bridgehead atoms. The molecule has 0 radical (unpaired) electrons. The maximum Gasteiger partial charge on any atom is 0.258 e. The van der Waals surface area contributed by atoms with Crippen molar-refractivity contribution >= 4 is 39.2 Å². The highest BCUT2D eigenvalue weighted by molar-refractivity contribution is 9.10. The van der Waals surface area contributed by atoms with E-state index in [-0.39, 0.29) is 5.91 Å². The number of benzene rings is 2. The van der Waals surface area contributed by atoms with Gasteiger partial charge < -0.3 is 10.6 Å². The molecule has 24 heavy (non-hydrogen) atoms. The van der Waals surface area contributed by atoms with Crippen molar-refractivity contribution in [2.75, 3.05) is 10.6 Å². The summed E-state index contributed by atoms with van der Waals surface area (Å²) in [4.78, 5) is 20.5. The fraction of sp³-hybridized carbons (Fsp3) is 0.0556. The van der Waals surface area contributed by atoms with E-state index in [2.05, 4.69) is 36.5 Å². The van der Waals surface area contributed by atoms with Gasteiger partial charge in [0.25, 0.3) is 5.91 Å². The highest BCUT2D eigenvalue weighted by Crippen LogP contribution is 2.17. The molecule has 6 heteroatoms. The summed E-state index contributed by atoms with van der Waals surface area (Å²) in [6.45, 7) is 2.00. The van der Waals surface area contributed by atoms with Crippen LogP contribution in [0.5, 0.6) is 0 Å². The number of amides is 1. The molecule has 0 fully saturated rings. The lowest BCUT2D eigenvalue weighted by Crippen LogP contribution is -2.13. The topological polar surface area (TPSA) is 66.9 Å². The van der Waals surface area contributed by atoms with Gasteiger partial charge in [-0.3, -0.25) is 4.79 Å². The second-order valence-corrected chi connectivity index (χ2v) is 6.16. The number of anilines is 3. The molecule has 3 rings (SSSR count). The van der Waals surface area contributed by atoms with E-state index >= 15 is 0 Å². The lowest BCUT2D eigenvalue weighted by Gasteiger charge is -2.07. The highest BCUT2D eigenvalue weighted by atomic mass is 79.9. The van der Waals surface area contributed by atoms with Gasteiger partial charge in [0, 0.05) is 28.2 Å². The van der Waals surface area contributed by atoms with Gasteiger partial charge in [0.2, 0.25) is 5.95 Å². The molecule has 1 amide bonds. The predicted octanol–water partition coefficient (Wildman–Crippen LogP) is 4.54. The molecular formula is C18H15BrN4O. The molecule has 0 spiro atoms. The number of hydrogen-bond acceptors (Lipinski definition) is 4. The van der Waals surface area contributed by atoms with E-state index in [1.54, 1.807) is 0 Å². The molecule has 0 saturated carbocycles. The van der Waals surface area contributed by atoms with E-state index in [9.17, 15) is 4.79 Å². The van der Waals surface area contributed by atoms with Crippen LogP contribution in [-0.2, 0) is 0 Å². The molecule has 2 N–H and O–H groups in total. The van der Waals surface area contributed by atoms with Gasteiger partial charge >= 0.3 is 0 Å². The second-order valence-electron chi connectivity index (χ2n) is 5.25. The van der Waals surface area contributed by atoms with E-state index < -0.39 is 0 Å². The molecule has 0 aliphatic rings. The van der Waals surface area contributed by atoms with Crippen molar-refractivity contribution in [3.63, 3.8) is 0 Å². The summed E-state index contributed by atoms with van der Waals surface area (Å²) in [5, 5.41) is 5.89. The van der Waals surface area contributed by atoms with Crippen molar-refractivity contribution in [3.05, 3.63) is 76.5 Å². The monoisotopic (exact) mass is 382 g/mol. The fourth-order valence-corrected chi connectivity index (χ4v) is 2.28. The molecule has 0 saturated heterocycles. The lowest BCUT2D eigenvalue weighted by atomic mass is 10.2. The van der Waals surface area contributed by atoms with Crippen LogP contribution in [0.2, 0.25) is 0 Å². The Bertz CT molecular complexity index is 830. The van der Waals surface area contributed by atoms with Gasteiger partial charge in [0.15, 0.2) is 0 Å². The van der Waals surface area contributed by atoms with Crippen molar-refractivity contribution < 1.29 is 4.79 Å². The average molecular weight is 383 g/mol. The van der Waals surface area contributed by atoms with Gasteiger partial charge in [0.05, 0.1) is 5.56 Å². The summed E-state index contributed by atoms with van der Waals surface area (Å²) in [6.07, 6.45) is 3.00. The van der Waals surface area contributed by atoms with Gasteiger partial charge in [-0.15, -0.1) is 0 Å². The normalized spacial score (nSPS) is 10.2. The molecule has 0 aliphatic carbocycles. The first-order valence-corrected chi connectivity index (χ1v) is 8.12. The van der Waals surface area contributed by atoms with E-state index in [1.807, 2.05) is 55.5 Å². The average Bonchev–Trinajstić information content (AvgIpc) is 2.59. The minimum atomic E-state index is -0.242. The third-order valence-electron chi connectivity index (χ3n) is 3.32. The third kappa shape index (κ3) is 4.17. The molecular weight excluding hydrogens is 368 g/mol. The van der Waals surface area contributed by atoms with Crippen LogP contribution in [0.3, 0.4) is 0 Å². The Balaban J connectivity index is 1.66. The number of nitrogens with one attached hydrogen (secondary N) is 2. The Morgan fingerprint density at radius 2 is 1.50 bits per heavy atom. The Morgan fingerprint density at radius 3 is 2.12 bits per heavy atom. The van der Waals surface area contributed by atoms with Crippen LogP contribution in [0.1, 0.15) is 15.9 Å². The molecule has 120 valence electrons. The minimum absolute atomic E-state index is 0.242. The van der Waals surface area contributed by atoms with Crippen LogP contribution in [0.25, 0.3) is 0 Å². The quantitative estimate of drug-likeness (QED) is 0.694. The molecule has 1 heterocycles. The Morgan fingerprint density at radius 1 is 0.917 bits per heavy atom. The first kappa shape index (κ1) is 16.1. The second kappa shape index (κ2) is 7.23. The van der Waals surface area contributed by atoms with Crippen molar-refractivity contribution in [1.82, 2.24) is 9.97 Å². The fourth-order valence-electron chi connectivity index (χ4n) is 2.01. The highest BCUT2D eigenvalue weighted by Gasteiger charge is 2.08. The smallest absolute Gasteiger partial charge is 0.258 e. The summed E-state index contributed by atoms with van der Waals surface area (Å²) in [5.74, 6) is 0.193. The van der Waals surface area contributed by atoms with Gasteiger partial charge in [-0.1, -0.05) is 33.6 Å². The molecule has 5 nitrogen and oxygen atoms in total. The zero-order valence-electron chi connectivity index (χ0n) is 13.0. The van der Waals surface area contributed by atoms with Crippen molar-refractivity contribution in [2.24, 2.45) is 0 Å². The van der Waals surface area contributed by atoms with Gasteiger partial charge in [-0.25, -0.2) is 9.97 Å². The van der Waals surface area contributed by atoms with Crippen LogP contribution in [0.15, 0.2) is 65.4 Å². The van der Waals surface area contributed by atoms with E-state index in [0.717, 1.165) is 21.4 Å². The number of carbonyl (C=O) groups excluding carboxylic acids is 1. The third-order valence-corrected chi connectivity index (χ3v) is 3.85. The van der Waals surface area contributed by atoms with Gasteiger partial charge in [-0.2, -0.15) is 0 Å². The molecule has 1 aromatic heterocycles. The van der Waals surface area contributed by atoms with Crippen LogP contribution in [0, 0.1) is 6.92 Å². The first-order valence-electron chi connectivity index (χ1n) is 7.33. The molecule has 3 aromatic rings. The minimum Gasteiger partial charge on any atom is -0.324 e. The van der Waals surface area contributed by atoms with Crippen molar-refractivity contribution in [3.8, 4) is 0 Å². The lowest BCUT2D eigenvalue weighted by molar-refractivity contribution is 0.102. The van der Waals surface area contributed by atoms with Crippen LogP contribution in [0.4, 0.5) is 17.3 Å². The summed E-state index contributed by atoms with van der Waals surface area (Å²) < 4.78 is 0.997. The molecule has 0 aliphatic heterocycles. The largest absolute Gasteiger partial charge is 0.324 e. The standard InChI is InChI=1S/C18H15BrN4O/c1-12-2-6-15(7-3-12)22-17(24)13-10-20-18(21-11-13)23-16-8-4-14(19)5-9-16/h2-11H,1H3,(H,22,24)(H,20,21,23). The van der Waals surface area contributed by atoms with E-state index in [4.69, 9.17) is 0 Å². The van der Waals surface area contributed by atoms with Crippen LogP contribution in [-0.4, -0.2) is 15.9 Å².